The number of nitrogens with zero attached hydrogens (tertiary/aromatic N) is 3. The summed E-state index contributed by atoms with van der Waals surface area (Å²) in [6.07, 6.45) is 3.53. The third-order valence-corrected chi connectivity index (χ3v) is 1.88. The second kappa shape index (κ2) is 2.57. The molecule has 0 atom stereocenters. The largest absolute Gasteiger partial charge is 0.326 e. The van der Waals surface area contributed by atoms with E-state index >= 15 is 0 Å². The van der Waals surface area contributed by atoms with Gasteiger partial charge in [-0.2, -0.15) is 5.10 Å². The Hall–Kier alpha value is -1.42. The summed E-state index contributed by atoms with van der Waals surface area (Å²) in [4.78, 5) is 4.19. The zero-order valence-electron chi connectivity index (χ0n) is 6.86. The number of hydrogen-bond donors (Lipinski definition) is 1. The fourth-order valence-corrected chi connectivity index (χ4v) is 1.20. The van der Waals surface area contributed by atoms with Crippen LogP contribution in [0.2, 0.25) is 0 Å². The Balaban J connectivity index is 2.80. The van der Waals surface area contributed by atoms with Crippen molar-refractivity contribution in [2.75, 3.05) is 0 Å². The van der Waals surface area contributed by atoms with Gasteiger partial charge in [-0.25, -0.2) is 9.50 Å². The van der Waals surface area contributed by atoms with E-state index in [1.165, 1.54) is 0 Å². The van der Waals surface area contributed by atoms with Crippen LogP contribution in [-0.2, 0) is 6.54 Å². The standard InChI is InChI=1S/C8H10N4/c1-6-2-3-10-8-7(4-9)5-11-12(6)8/h2-3,5H,4,9H2,1H3. The maximum absolute atomic E-state index is 5.52. The van der Waals surface area contributed by atoms with Crippen LogP contribution < -0.4 is 5.73 Å². The predicted molar refractivity (Wildman–Crippen MR) is 45.6 cm³/mol. The zero-order valence-corrected chi connectivity index (χ0v) is 6.86. The van der Waals surface area contributed by atoms with E-state index < -0.39 is 0 Å². The van der Waals surface area contributed by atoms with E-state index in [9.17, 15) is 0 Å². The summed E-state index contributed by atoms with van der Waals surface area (Å²) in [5, 5.41) is 4.16. The number of nitrogens with two attached hydrogens (primary N) is 1. The van der Waals surface area contributed by atoms with Crippen LogP contribution in [0, 0.1) is 6.92 Å². The summed E-state index contributed by atoms with van der Waals surface area (Å²) >= 11 is 0. The molecule has 0 aliphatic carbocycles. The van der Waals surface area contributed by atoms with Gasteiger partial charge in [-0.3, -0.25) is 0 Å². The Labute approximate surface area is 70.0 Å². The van der Waals surface area contributed by atoms with Gasteiger partial charge in [0.05, 0.1) is 6.20 Å². The molecule has 2 aromatic heterocycles. The van der Waals surface area contributed by atoms with Crippen molar-refractivity contribution in [2.24, 2.45) is 5.73 Å². The third-order valence-electron chi connectivity index (χ3n) is 1.88. The molecular formula is C8H10N4. The Morgan fingerprint density at radius 1 is 1.58 bits per heavy atom. The number of rotatable bonds is 1. The van der Waals surface area contributed by atoms with Crippen molar-refractivity contribution < 1.29 is 0 Å². The van der Waals surface area contributed by atoms with E-state index in [0.717, 1.165) is 16.9 Å². The smallest absolute Gasteiger partial charge is 0.159 e. The molecule has 0 unspecified atom stereocenters. The van der Waals surface area contributed by atoms with E-state index in [1.807, 2.05) is 13.0 Å². The summed E-state index contributed by atoms with van der Waals surface area (Å²) in [7, 11) is 0. The first-order valence-corrected chi connectivity index (χ1v) is 3.81. The molecule has 0 aromatic carbocycles. The first-order chi connectivity index (χ1) is 5.83. The molecule has 0 aliphatic rings. The van der Waals surface area contributed by atoms with Crippen LogP contribution in [0.5, 0.6) is 0 Å². The molecule has 0 bridgehead atoms. The Bertz CT molecular complexity index is 404. The normalized spacial score (nSPS) is 10.8. The minimum absolute atomic E-state index is 0.486. The van der Waals surface area contributed by atoms with Gasteiger partial charge in [0.25, 0.3) is 0 Å². The van der Waals surface area contributed by atoms with Crippen LogP contribution in [0.15, 0.2) is 18.5 Å². The SMILES string of the molecule is Cc1ccnc2c(CN)cnn12. The molecule has 0 spiro atoms. The fraction of sp³-hybridized carbons (Fsp3) is 0.250. The number of hydrogen-bond acceptors (Lipinski definition) is 3. The van der Waals surface area contributed by atoms with Crippen LogP contribution in [-0.4, -0.2) is 14.6 Å². The Kier molecular flexibility index (Phi) is 1.55. The van der Waals surface area contributed by atoms with Gasteiger partial charge >= 0.3 is 0 Å². The van der Waals surface area contributed by atoms with Gasteiger partial charge in [0.2, 0.25) is 0 Å². The molecule has 0 fully saturated rings. The second-order valence-electron chi connectivity index (χ2n) is 2.70. The van der Waals surface area contributed by atoms with E-state index in [1.54, 1.807) is 16.9 Å². The van der Waals surface area contributed by atoms with Gasteiger partial charge in [-0.05, 0) is 13.0 Å². The first-order valence-electron chi connectivity index (χ1n) is 3.81. The van der Waals surface area contributed by atoms with E-state index in [0.29, 0.717) is 6.54 Å². The molecule has 2 N–H and O–H groups in total. The molecule has 0 aliphatic heterocycles. The number of fused-ring (bicyclic) bond motifs is 1. The first kappa shape index (κ1) is 7.24. The summed E-state index contributed by atoms with van der Waals surface area (Å²) in [6.45, 7) is 2.47. The zero-order chi connectivity index (χ0) is 8.55. The highest BCUT2D eigenvalue weighted by atomic mass is 15.2. The summed E-state index contributed by atoms with van der Waals surface area (Å²) in [5.41, 5.74) is 8.43. The molecule has 0 saturated carbocycles. The highest BCUT2D eigenvalue weighted by Gasteiger charge is 2.03. The maximum atomic E-state index is 5.52. The van der Waals surface area contributed by atoms with Crippen LogP contribution in [0.1, 0.15) is 11.3 Å². The molecular weight excluding hydrogens is 152 g/mol. The quantitative estimate of drug-likeness (QED) is 0.664. The molecule has 4 nitrogen and oxygen atoms in total. The molecule has 2 rings (SSSR count). The summed E-state index contributed by atoms with van der Waals surface area (Å²) in [5.74, 6) is 0. The maximum Gasteiger partial charge on any atom is 0.159 e. The van der Waals surface area contributed by atoms with Crippen LogP contribution >= 0.6 is 0 Å². The minimum atomic E-state index is 0.486. The fourth-order valence-electron chi connectivity index (χ4n) is 1.20. The van der Waals surface area contributed by atoms with Gasteiger partial charge in [0.1, 0.15) is 0 Å². The van der Waals surface area contributed by atoms with Gasteiger partial charge in [0.15, 0.2) is 5.65 Å². The minimum Gasteiger partial charge on any atom is -0.326 e. The average Bonchev–Trinajstić information content (AvgIpc) is 2.49. The lowest BCUT2D eigenvalue weighted by Crippen LogP contribution is -1.98. The van der Waals surface area contributed by atoms with Crippen molar-refractivity contribution >= 4 is 5.65 Å². The lowest BCUT2D eigenvalue weighted by Gasteiger charge is -1.96. The van der Waals surface area contributed by atoms with Crippen LogP contribution in [0.4, 0.5) is 0 Å². The Morgan fingerprint density at radius 2 is 2.42 bits per heavy atom. The van der Waals surface area contributed by atoms with Gasteiger partial charge in [-0.15, -0.1) is 0 Å². The Morgan fingerprint density at radius 3 is 3.17 bits per heavy atom. The van der Waals surface area contributed by atoms with Gasteiger partial charge in [0, 0.05) is 24.0 Å². The highest BCUT2D eigenvalue weighted by Crippen LogP contribution is 2.07. The van der Waals surface area contributed by atoms with Crippen molar-refractivity contribution in [3.8, 4) is 0 Å². The topological polar surface area (TPSA) is 56.2 Å². The van der Waals surface area contributed by atoms with Crippen molar-refractivity contribution in [2.45, 2.75) is 13.5 Å². The summed E-state index contributed by atoms with van der Waals surface area (Å²) in [6, 6.07) is 1.92. The van der Waals surface area contributed by atoms with Crippen molar-refractivity contribution in [3.63, 3.8) is 0 Å². The van der Waals surface area contributed by atoms with Crippen LogP contribution in [0.3, 0.4) is 0 Å². The highest BCUT2D eigenvalue weighted by molar-refractivity contribution is 5.46. The van der Waals surface area contributed by atoms with Gasteiger partial charge < -0.3 is 5.73 Å². The predicted octanol–water partition coefficient (Wildman–Crippen LogP) is 0.496. The van der Waals surface area contributed by atoms with E-state index in [2.05, 4.69) is 10.1 Å². The molecule has 4 heteroatoms. The number of aryl methyl sites for hydroxylation is 1. The average molecular weight is 162 g/mol. The molecule has 2 heterocycles. The number of aromatic nitrogens is 3. The van der Waals surface area contributed by atoms with E-state index in [4.69, 9.17) is 5.73 Å². The molecule has 2 aromatic rings. The third kappa shape index (κ3) is 0.887. The lowest BCUT2D eigenvalue weighted by atomic mass is 10.3. The second-order valence-corrected chi connectivity index (χ2v) is 2.70. The molecule has 12 heavy (non-hydrogen) atoms. The molecule has 0 amide bonds. The van der Waals surface area contributed by atoms with Gasteiger partial charge in [-0.1, -0.05) is 0 Å². The van der Waals surface area contributed by atoms with Crippen LogP contribution in [0.25, 0.3) is 5.65 Å². The monoisotopic (exact) mass is 162 g/mol. The van der Waals surface area contributed by atoms with E-state index in [-0.39, 0.29) is 0 Å². The lowest BCUT2D eigenvalue weighted by molar-refractivity contribution is 0.894. The van der Waals surface area contributed by atoms with Crippen molar-refractivity contribution in [1.82, 2.24) is 14.6 Å². The molecule has 62 valence electrons. The van der Waals surface area contributed by atoms with Crippen molar-refractivity contribution in [3.05, 3.63) is 29.7 Å². The van der Waals surface area contributed by atoms with Crippen molar-refractivity contribution in [1.29, 1.82) is 0 Å². The molecule has 0 radical (unpaired) electrons. The summed E-state index contributed by atoms with van der Waals surface area (Å²) < 4.78 is 1.79. The molecule has 0 saturated heterocycles.